The van der Waals surface area contributed by atoms with E-state index < -0.39 is 23.7 Å². The van der Waals surface area contributed by atoms with Gasteiger partial charge in [0.1, 0.15) is 34.7 Å². The van der Waals surface area contributed by atoms with E-state index in [1.165, 1.54) is 18.0 Å². The van der Waals surface area contributed by atoms with Gasteiger partial charge in [-0.15, -0.1) is 11.8 Å². The summed E-state index contributed by atoms with van der Waals surface area (Å²) in [5, 5.41) is 6.15. The molecule has 1 aromatic rings. The second-order valence-corrected chi connectivity index (χ2v) is 9.44. The fraction of sp³-hybridized carbons (Fsp3) is 0.591. The molecule has 4 bridgehead atoms. The van der Waals surface area contributed by atoms with Crippen molar-refractivity contribution in [2.75, 3.05) is 5.75 Å². The lowest BCUT2D eigenvalue weighted by Gasteiger charge is -2.27. The number of thioether (sulfide) groups is 1. The molecule has 0 fully saturated rings. The maximum Gasteiger partial charge on any atom is 0.329 e. The van der Waals surface area contributed by atoms with Gasteiger partial charge in [-0.2, -0.15) is 0 Å². The Morgan fingerprint density at radius 3 is 2.84 bits per heavy atom. The molecule has 9 nitrogen and oxygen atoms in total. The van der Waals surface area contributed by atoms with E-state index in [0.717, 1.165) is 12.8 Å². The minimum atomic E-state index is -1.04. The van der Waals surface area contributed by atoms with Gasteiger partial charge in [-0.05, 0) is 25.3 Å². The highest BCUT2D eigenvalue weighted by Crippen LogP contribution is 2.31. The van der Waals surface area contributed by atoms with E-state index in [1.807, 2.05) is 26.8 Å². The molecule has 0 saturated carbocycles. The van der Waals surface area contributed by atoms with E-state index in [4.69, 9.17) is 9.15 Å². The lowest BCUT2D eigenvalue weighted by Crippen LogP contribution is -2.53. The first-order valence-electron chi connectivity index (χ1n) is 10.8. The third kappa shape index (κ3) is 5.79. The lowest BCUT2D eigenvalue weighted by molar-refractivity contribution is -0.153. The van der Waals surface area contributed by atoms with Crippen molar-refractivity contribution in [1.82, 2.24) is 15.6 Å². The van der Waals surface area contributed by atoms with Crippen LogP contribution in [-0.2, 0) is 25.7 Å². The number of oxazole rings is 1. The highest BCUT2D eigenvalue weighted by Gasteiger charge is 2.41. The number of nitrogens with zero attached hydrogens (tertiary/aromatic N) is 2. The van der Waals surface area contributed by atoms with Gasteiger partial charge in [-0.3, -0.25) is 14.6 Å². The number of aliphatic imine (C=N–C) groups is 1. The van der Waals surface area contributed by atoms with Gasteiger partial charge in [0, 0.05) is 5.75 Å². The number of aromatic nitrogens is 1. The zero-order valence-electron chi connectivity index (χ0n) is 18.8. The largest absolute Gasteiger partial charge is 0.456 e. The quantitative estimate of drug-likeness (QED) is 0.520. The number of rotatable bonds is 4. The van der Waals surface area contributed by atoms with Crippen LogP contribution in [0, 0.1) is 5.92 Å². The van der Waals surface area contributed by atoms with Crippen LogP contribution in [0.4, 0.5) is 0 Å². The number of carbonyl (C=O) groups is 3. The average molecular weight is 463 g/mol. The standard InChI is InChI=1S/C22H30N4O5S/c1-5-6-7-8-14-9-16(27)23-10-17-24-15(11-30-17)19-26-22(4,12-32-19)21(29)25-18(13(2)3)20(28)31-14/h7-8,11,13-14,18H,5-6,9-10,12H2,1-4H3,(H,23,27)(H,25,29)/b8-7+/t14-,18+,22+/m1/s1. The predicted octanol–water partition coefficient (Wildman–Crippen LogP) is 2.36. The molecular formula is C22H30N4O5S. The van der Waals surface area contributed by atoms with Crippen LogP contribution in [-0.4, -0.2) is 51.2 Å². The number of ether oxygens (including phenoxy) is 1. The topological polar surface area (TPSA) is 123 Å². The molecule has 3 rings (SSSR count). The maximum absolute atomic E-state index is 13.1. The molecule has 0 unspecified atom stereocenters. The minimum Gasteiger partial charge on any atom is -0.456 e. The molecule has 174 valence electrons. The van der Waals surface area contributed by atoms with Crippen molar-refractivity contribution in [2.24, 2.45) is 10.9 Å². The number of unbranched alkanes of at least 4 members (excludes halogenated alkanes) is 1. The van der Waals surface area contributed by atoms with Crippen LogP contribution in [0.25, 0.3) is 0 Å². The summed E-state index contributed by atoms with van der Waals surface area (Å²) >= 11 is 1.40. The average Bonchev–Trinajstić information content (AvgIpc) is 3.37. The molecule has 2 amide bonds. The van der Waals surface area contributed by atoms with E-state index in [-0.39, 0.29) is 30.7 Å². The number of hydrogen-bond acceptors (Lipinski definition) is 8. The molecule has 32 heavy (non-hydrogen) atoms. The first-order chi connectivity index (χ1) is 15.2. The van der Waals surface area contributed by atoms with E-state index >= 15 is 0 Å². The highest BCUT2D eigenvalue weighted by atomic mass is 32.2. The Labute approximate surface area is 191 Å². The normalized spacial score (nSPS) is 27.3. The third-order valence-corrected chi connectivity index (χ3v) is 6.48. The Bertz CT molecular complexity index is 925. The highest BCUT2D eigenvalue weighted by molar-refractivity contribution is 8.14. The lowest BCUT2D eigenvalue weighted by atomic mass is 10.0. The second-order valence-electron chi connectivity index (χ2n) is 8.47. The van der Waals surface area contributed by atoms with Crippen molar-refractivity contribution in [1.29, 1.82) is 0 Å². The second kappa shape index (κ2) is 10.3. The number of nitrogens with one attached hydrogen (secondary N) is 2. The number of amides is 2. The Hall–Kier alpha value is -2.62. The summed E-state index contributed by atoms with van der Waals surface area (Å²) in [5.74, 6) is -0.706. The van der Waals surface area contributed by atoms with Crippen molar-refractivity contribution in [3.63, 3.8) is 0 Å². The van der Waals surface area contributed by atoms with E-state index in [2.05, 4.69) is 20.6 Å². The van der Waals surface area contributed by atoms with Gasteiger partial charge >= 0.3 is 5.97 Å². The van der Waals surface area contributed by atoms with Crippen molar-refractivity contribution in [2.45, 2.75) is 71.2 Å². The first kappa shape index (κ1) is 24.0. The van der Waals surface area contributed by atoms with Gasteiger partial charge in [0.2, 0.25) is 17.7 Å². The van der Waals surface area contributed by atoms with Crippen molar-refractivity contribution < 1.29 is 23.5 Å². The molecule has 10 heteroatoms. The summed E-state index contributed by atoms with van der Waals surface area (Å²) in [6.45, 7) is 7.52. The van der Waals surface area contributed by atoms with E-state index in [9.17, 15) is 14.4 Å². The number of cyclic esters (lactones) is 1. The van der Waals surface area contributed by atoms with Crippen LogP contribution in [0.1, 0.15) is 58.5 Å². The van der Waals surface area contributed by atoms with Crippen LogP contribution in [0.15, 0.2) is 27.8 Å². The zero-order valence-corrected chi connectivity index (χ0v) is 19.7. The number of allylic oxidation sites excluding steroid dienone is 1. The van der Waals surface area contributed by atoms with Crippen LogP contribution in [0.3, 0.4) is 0 Å². The minimum absolute atomic E-state index is 0.0431. The summed E-state index contributed by atoms with van der Waals surface area (Å²) < 4.78 is 11.1. The number of esters is 1. The van der Waals surface area contributed by atoms with Gasteiger partial charge in [-0.1, -0.05) is 33.3 Å². The summed E-state index contributed by atoms with van der Waals surface area (Å²) in [5.41, 5.74) is -0.527. The van der Waals surface area contributed by atoms with Crippen LogP contribution in [0.5, 0.6) is 0 Å². The molecule has 0 aliphatic carbocycles. The number of carbonyl (C=O) groups excluding carboxylic acids is 3. The molecule has 3 atom stereocenters. The van der Waals surface area contributed by atoms with Crippen LogP contribution >= 0.6 is 11.8 Å². The van der Waals surface area contributed by atoms with Gasteiger partial charge in [0.25, 0.3) is 0 Å². The molecule has 0 spiro atoms. The SMILES string of the molecule is CCC/C=C/[C@@H]1CC(=O)NCc2nc(co2)C2=N[C@@](C)(CS2)C(=O)N[C@@H](C(C)C)C(=O)O1. The maximum atomic E-state index is 13.1. The van der Waals surface area contributed by atoms with Crippen LogP contribution < -0.4 is 10.6 Å². The van der Waals surface area contributed by atoms with Crippen molar-refractivity contribution in [3.8, 4) is 0 Å². The van der Waals surface area contributed by atoms with Gasteiger partial charge in [0.05, 0.1) is 13.0 Å². The number of fused-ring (bicyclic) bond motifs is 4. The Morgan fingerprint density at radius 2 is 2.12 bits per heavy atom. The van der Waals surface area contributed by atoms with E-state index in [1.54, 1.807) is 13.0 Å². The number of hydrogen-bond donors (Lipinski definition) is 2. The smallest absolute Gasteiger partial charge is 0.329 e. The fourth-order valence-electron chi connectivity index (χ4n) is 3.25. The molecule has 2 N–H and O–H groups in total. The predicted molar refractivity (Wildman–Crippen MR) is 121 cm³/mol. The van der Waals surface area contributed by atoms with Gasteiger partial charge in [-0.25, -0.2) is 9.78 Å². The van der Waals surface area contributed by atoms with Gasteiger partial charge in [0.15, 0.2) is 0 Å². The molecule has 0 radical (unpaired) electrons. The third-order valence-electron chi connectivity index (χ3n) is 5.20. The molecule has 0 saturated heterocycles. The molecule has 2 aliphatic heterocycles. The zero-order chi connectivity index (χ0) is 23.3. The Morgan fingerprint density at radius 1 is 1.34 bits per heavy atom. The van der Waals surface area contributed by atoms with Gasteiger partial charge < -0.3 is 19.8 Å². The van der Waals surface area contributed by atoms with Crippen molar-refractivity contribution >= 4 is 34.6 Å². The molecule has 0 aromatic carbocycles. The van der Waals surface area contributed by atoms with Crippen molar-refractivity contribution in [3.05, 3.63) is 30.0 Å². The molecular weight excluding hydrogens is 432 g/mol. The fourth-order valence-corrected chi connectivity index (χ4v) is 4.37. The summed E-state index contributed by atoms with van der Waals surface area (Å²) in [4.78, 5) is 47.5. The summed E-state index contributed by atoms with van der Waals surface area (Å²) in [6.07, 6.45) is 6.02. The molecule has 1 aromatic heterocycles. The van der Waals surface area contributed by atoms with Crippen LogP contribution in [0.2, 0.25) is 0 Å². The Balaban J connectivity index is 1.92. The Kier molecular flexibility index (Phi) is 7.76. The summed E-state index contributed by atoms with van der Waals surface area (Å²) in [7, 11) is 0. The first-order valence-corrected chi connectivity index (χ1v) is 11.8. The summed E-state index contributed by atoms with van der Waals surface area (Å²) in [6, 6.07) is -0.861. The molecule has 3 heterocycles. The monoisotopic (exact) mass is 462 g/mol. The molecule has 2 aliphatic rings. The van der Waals surface area contributed by atoms with E-state index in [0.29, 0.717) is 22.4 Å².